The molecular weight excluding hydrogens is 451 g/mol. The number of benzene rings is 3. The number of methoxy groups -OCH3 is 2. The number of halogens is 1. The average molecular weight is 470 g/mol. The molecule has 1 aliphatic rings. The zero-order valence-corrected chi connectivity index (χ0v) is 18.8. The third-order valence-electron chi connectivity index (χ3n) is 5.56. The Morgan fingerprint density at radius 3 is 2.57 bits per heavy atom. The van der Waals surface area contributed by atoms with Crippen LogP contribution in [0.2, 0.25) is 0 Å². The van der Waals surface area contributed by atoms with Crippen molar-refractivity contribution in [2.24, 2.45) is 0 Å². The van der Waals surface area contributed by atoms with Crippen molar-refractivity contribution >= 4 is 17.8 Å². The van der Waals surface area contributed by atoms with Gasteiger partial charge in [-0.2, -0.15) is 5.10 Å². The highest BCUT2D eigenvalue weighted by molar-refractivity contribution is 6.15. The van der Waals surface area contributed by atoms with Crippen molar-refractivity contribution in [3.8, 4) is 28.4 Å². The van der Waals surface area contributed by atoms with Gasteiger partial charge in [-0.3, -0.25) is 4.79 Å². The Hall–Kier alpha value is -4.72. The molecule has 0 amide bonds. The fourth-order valence-corrected chi connectivity index (χ4v) is 3.82. The molecule has 0 saturated heterocycles. The number of carbonyl (C=O) groups excluding carboxylic acids is 2. The van der Waals surface area contributed by atoms with E-state index in [9.17, 15) is 14.0 Å². The molecule has 0 atom stereocenters. The highest BCUT2D eigenvalue weighted by Crippen LogP contribution is 2.35. The van der Waals surface area contributed by atoms with Crippen molar-refractivity contribution in [3.05, 3.63) is 101 Å². The molecule has 0 spiro atoms. The number of Topliss-reactive ketones (excluding diaryl/α,β-unsaturated/α-hetero) is 1. The molecular formula is C27H19FN2O5. The lowest BCUT2D eigenvalue weighted by Crippen LogP contribution is -2.03. The van der Waals surface area contributed by atoms with Gasteiger partial charge in [-0.05, 0) is 54.6 Å². The summed E-state index contributed by atoms with van der Waals surface area (Å²) in [7, 11) is 2.66. The Balaban J connectivity index is 1.59. The lowest BCUT2D eigenvalue weighted by Gasteiger charge is -2.05. The zero-order chi connectivity index (χ0) is 24.5. The molecule has 0 radical (unpaired) electrons. The molecule has 0 fully saturated rings. The summed E-state index contributed by atoms with van der Waals surface area (Å²) < 4.78 is 31.7. The molecule has 0 bridgehead atoms. The van der Waals surface area contributed by atoms with Gasteiger partial charge in [-0.15, -0.1) is 0 Å². The predicted octanol–water partition coefficient (Wildman–Crippen LogP) is 5.09. The van der Waals surface area contributed by atoms with Crippen LogP contribution in [0.5, 0.6) is 11.5 Å². The van der Waals surface area contributed by atoms with E-state index in [1.807, 2.05) is 30.3 Å². The third kappa shape index (κ3) is 4.06. The number of carbonyl (C=O) groups is 2. The fourth-order valence-electron chi connectivity index (χ4n) is 3.82. The van der Waals surface area contributed by atoms with E-state index < -0.39 is 11.8 Å². The standard InChI is InChI=1S/C27H19FN2O5/c1-33-23-11-8-16(13-21(23)28)25-18(15-30(29-25)19-6-4-3-5-7-19)14-24-26(31)20-12-17(27(32)34-2)9-10-22(20)35-24/h3-15H,1-2H3/b24-14-. The summed E-state index contributed by atoms with van der Waals surface area (Å²) in [6.07, 6.45) is 3.30. The van der Waals surface area contributed by atoms with Crippen molar-refractivity contribution in [2.75, 3.05) is 14.2 Å². The van der Waals surface area contributed by atoms with Gasteiger partial charge in [0.25, 0.3) is 0 Å². The normalized spacial score (nSPS) is 13.5. The van der Waals surface area contributed by atoms with Crippen molar-refractivity contribution in [3.63, 3.8) is 0 Å². The Morgan fingerprint density at radius 1 is 1.06 bits per heavy atom. The summed E-state index contributed by atoms with van der Waals surface area (Å²) in [5.41, 5.74) is 2.79. The van der Waals surface area contributed by atoms with Gasteiger partial charge >= 0.3 is 5.97 Å². The Bertz CT molecular complexity index is 1490. The number of ketones is 1. The molecule has 4 aromatic rings. The first kappa shape index (κ1) is 22.1. The van der Waals surface area contributed by atoms with Crippen LogP contribution < -0.4 is 9.47 Å². The predicted molar refractivity (Wildman–Crippen MR) is 126 cm³/mol. The number of ether oxygens (including phenoxy) is 3. The molecule has 0 aliphatic carbocycles. The SMILES string of the molecule is COC(=O)c1ccc2c(c1)C(=O)/C(=C/c1cn(-c3ccccc3)nc1-c1ccc(OC)c(F)c1)O2. The van der Waals surface area contributed by atoms with Crippen LogP contribution >= 0.6 is 0 Å². The van der Waals surface area contributed by atoms with Crippen molar-refractivity contribution in [1.82, 2.24) is 9.78 Å². The third-order valence-corrected chi connectivity index (χ3v) is 5.56. The molecule has 3 aromatic carbocycles. The van der Waals surface area contributed by atoms with Crippen LogP contribution in [-0.4, -0.2) is 35.8 Å². The van der Waals surface area contributed by atoms with Crippen LogP contribution in [0, 0.1) is 5.82 Å². The van der Waals surface area contributed by atoms with Crippen LogP contribution in [0.3, 0.4) is 0 Å². The summed E-state index contributed by atoms with van der Waals surface area (Å²) in [6, 6.07) is 18.5. The van der Waals surface area contributed by atoms with E-state index in [0.717, 1.165) is 5.69 Å². The van der Waals surface area contributed by atoms with E-state index >= 15 is 0 Å². The summed E-state index contributed by atoms with van der Waals surface area (Å²) >= 11 is 0. The molecule has 35 heavy (non-hydrogen) atoms. The summed E-state index contributed by atoms with van der Waals surface area (Å²) in [5.74, 6) is -0.960. The van der Waals surface area contributed by atoms with Gasteiger partial charge in [-0.1, -0.05) is 18.2 Å². The molecule has 0 unspecified atom stereocenters. The van der Waals surface area contributed by atoms with E-state index in [-0.39, 0.29) is 28.4 Å². The lowest BCUT2D eigenvalue weighted by atomic mass is 10.0. The van der Waals surface area contributed by atoms with E-state index in [1.54, 1.807) is 29.1 Å². The van der Waals surface area contributed by atoms with E-state index in [2.05, 4.69) is 5.10 Å². The number of fused-ring (bicyclic) bond motifs is 1. The number of esters is 1. The fraction of sp³-hybridized carbons (Fsp3) is 0.0741. The van der Waals surface area contributed by atoms with E-state index in [1.165, 1.54) is 38.5 Å². The van der Waals surface area contributed by atoms with Gasteiger partial charge in [0.2, 0.25) is 5.78 Å². The van der Waals surface area contributed by atoms with Gasteiger partial charge in [0, 0.05) is 17.3 Å². The molecule has 8 heteroatoms. The molecule has 1 aromatic heterocycles. The van der Waals surface area contributed by atoms with Crippen LogP contribution in [0.4, 0.5) is 4.39 Å². The van der Waals surface area contributed by atoms with Gasteiger partial charge in [0.05, 0.1) is 31.0 Å². The second-order valence-electron chi connectivity index (χ2n) is 7.70. The molecule has 0 saturated carbocycles. The largest absolute Gasteiger partial charge is 0.494 e. The number of nitrogens with zero attached hydrogens (tertiary/aromatic N) is 2. The zero-order valence-electron chi connectivity index (χ0n) is 18.8. The summed E-state index contributed by atoms with van der Waals surface area (Å²) in [6.45, 7) is 0. The number of para-hydroxylation sites is 1. The Kier molecular flexibility index (Phi) is 5.62. The van der Waals surface area contributed by atoms with Gasteiger partial charge in [0.1, 0.15) is 11.4 Å². The second-order valence-corrected chi connectivity index (χ2v) is 7.70. The quantitative estimate of drug-likeness (QED) is 0.299. The van der Waals surface area contributed by atoms with Crippen LogP contribution in [0.25, 0.3) is 23.0 Å². The van der Waals surface area contributed by atoms with Gasteiger partial charge in [-0.25, -0.2) is 13.9 Å². The maximum atomic E-state index is 14.5. The number of allylic oxidation sites excluding steroid dienone is 1. The number of aromatic nitrogens is 2. The molecule has 0 N–H and O–H groups in total. The molecule has 1 aliphatic heterocycles. The molecule has 7 nitrogen and oxygen atoms in total. The van der Waals surface area contributed by atoms with Crippen LogP contribution in [-0.2, 0) is 4.74 Å². The lowest BCUT2D eigenvalue weighted by molar-refractivity contribution is 0.0600. The highest BCUT2D eigenvalue weighted by atomic mass is 19.1. The van der Waals surface area contributed by atoms with Crippen molar-refractivity contribution in [2.45, 2.75) is 0 Å². The van der Waals surface area contributed by atoms with Gasteiger partial charge < -0.3 is 14.2 Å². The first-order valence-electron chi connectivity index (χ1n) is 10.6. The Labute approximate surface area is 200 Å². The Morgan fingerprint density at radius 2 is 1.86 bits per heavy atom. The molecule has 174 valence electrons. The van der Waals surface area contributed by atoms with Crippen molar-refractivity contribution in [1.29, 1.82) is 0 Å². The minimum atomic E-state index is -0.550. The first-order valence-corrected chi connectivity index (χ1v) is 10.6. The average Bonchev–Trinajstić information content (AvgIpc) is 3.45. The summed E-state index contributed by atoms with van der Waals surface area (Å²) in [4.78, 5) is 24.9. The maximum absolute atomic E-state index is 14.5. The second kappa shape index (κ2) is 8.90. The molecule has 5 rings (SSSR count). The highest BCUT2D eigenvalue weighted by Gasteiger charge is 2.29. The minimum absolute atomic E-state index is 0.0601. The number of rotatable bonds is 5. The van der Waals surface area contributed by atoms with Crippen LogP contribution in [0.15, 0.2) is 78.7 Å². The van der Waals surface area contributed by atoms with E-state index in [0.29, 0.717) is 22.6 Å². The topological polar surface area (TPSA) is 79.7 Å². The minimum Gasteiger partial charge on any atom is -0.494 e. The van der Waals surface area contributed by atoms with Crippen molar-refractivity contribution < 1.29 is 28.2 Å². The first-order chi connectivity index (χ1) is 17.0. The molecule has 2 heterocycles. The maximum Gasteiger partial charge on any atom is 0.337 e. The smallest absolute Gasteiger partial charge is 0.337 e. The number of hydrogen-bond donors (Lipinski definition) is 0. The monoisotopic (exact) mass is 470 g/mol. The van der Waals surface area contributed by atoms with E-state index in [4.69, 9.17) is 14.2 Å². The number of hydrogen-bond acceptors (Lipinski definition) is 6. The van der Waals surface area contributed by atoms with Crippen LogP contribution in [0.1, 0.15) is 26.3 Å². The van der Waals surface area contributed by atoms with Gasteiger partial charge in [0.15, 0.2) is 17.3 Å². The summed E-state index contributed by atoms with van der Waals surface area (Å²) in [5, 5.41) is 4.65.